The first-order valence-corrected chi connectivity index (χ1v) is 8.79. The molecule has 3 aromatic rings. The highest BCUT2D eigenvalue weighted by Crippen LogP contribution is 2.17. The minimum absolute atomic E-state index is 0.176. The number of hydrogen-bond acceptors (Lipinski definition) is 4. The summed E-state index contributed by atoms with van der Waals surface area (Å²) in [5.74, 6) is -0.352. The maximum absolute atomic E-state index is 12.4. The number of hydrogen-bond donors (Lipinski definition) is 2. The lowest BCUT2D eigenvalue weighted by Gasteiger charge is -2.03. The number of para-hydroxylation sites is 2. The average Bonchev–Trinajstić information content (AvgIpc) is 2.71. The van der Waals surface area contributed by atoms with Crippen molar-refractivity contribution in [2.24, 2.45) is 0 Å². The number of nitrogens with two attached hydrogens (primary N) is 2. The van der Waals surface area contributed by atoms with Crippen LogP contribution in [0.15, 0.2) is 84.9 Å². The number of nitrogen functional groups attached to an aromatic ring is 2. The van der Waals surface area contributed by atoms with Crippen molar-refractivity contribution in [1.82, 2.24) is 0 Å². The van der Waals surface area contributed by atoms with E-state index in [0.717, 1.165) is 11.1 Å². The lowest BCUT2D eigenvalue weighted by Crippen LogP contribution is -2.00. The van der Waals surface area contributed by atoms with E-state index in [9.17, 15) is 9.59 Å². The zero-order valence-corrected chi connectivity index (χ0v) is 15.2. The third kappa shape index (κ3) is 4.43. The molecule has 0 aliphatic heterocycles. The fraction of sp³-hybridized carbons (Fsp3) is 0. The minimum atomic E-state index is -0.176. The Morgan fingerprint density at radius 2 is 0.929 bits per heavy atom. The lowest BCUT2D eigenvalue weighted by molar-refractivity contribution is 0.104. The maximum atomic E-state index is 12.4. The highest BCUT2D eigenvalue weighted by Gasteiger charge is 2.07. The maximum Gasteiger partial charge on any atom is 0.187 e. The van der Waals surface area contributed by atoms with E-state index in [-0.39, 0.29) is 11.6 Å². The molecule has 4 N–H and O–H groups in total. The first-order chi connectivity index (χ1) is 13.6. The Kier molecular flexibility index (Phi) is 5.82. The fourth-order valence-corrected chi connectivity index (χ4v) is 2.77. The Labute approximate surface area is 163 Å². The molecule has 4 nitrogen and oxygen atoms in total. The van der Waals surface area contributed by atoms with Crippen LogP contribution >= 0.6 is 0 Å². The quantitative estimate of drug-likeness (QED) is 0.377. The summed E-state index contributed by atoms with van der Waals surface area (Å²) in [6.45, 7) is 0. The Morgan fingerprint density at radius 3 is 1.32 bits per heavy atom. The molecule has 0 saturated heterocycles. The van der Waals surface area contributed by atoms with E-state index in [1.165, 1.54) is 12.2 Å². The normalized spacial score (nSPS) is 11.1. The van der Waals surface area contributed by atoms with Crippen LogP contribution in [0, 0.1) is 0 Å². The van der Waals surface area contributed by atoms with Gasteiger partial charge in [0.05, 0.1) is 0 Å². The monoisotopic (exact) mass is 368 g/mol. The number of anilines is 2. The zero-order valence-electron chi connectivity index (χ0n) is 15.2. The Morgan fingerprint density at radius 1 is 0.571 bits per heavy atom. The third-order valence-electron chi connectivity index (χ3n) is 4.28. The molecule has 0 atom stereocenters. The highest BCUT2D eigenvalue weighted by molar-refractivity contribution is 6.11. The molecule has 138 valence electrons. The summed E-state index contributed by atoms with van der Waals surface area (Å²) in [6.07, 6.45) is 6.40. The second-order valence-electron chi connectivity index (χ2n) is 6.20. The van der Waals surface area contributed by atoms with Gasteiger partial charge in [0, 0.05) is 22.5 Å². The Balaban J connectivity index is 1.82. The molecule has 0 bridgehead atoms. The standard InChI is InChI=1S/C24H20N2O2/c25-21-11-5-3-9-19(21)23(27)15-13-17-7-1-2-8-18(17)14-16-24(28)20-10-4-6-12-22(20)26/h1-16H,25-26H2. The summed E-state index contributed by atoms with van der Waals surface area (Å²) in [4.78, 5) is 24.8. The number of rotatable bonds is 6. The minimum Gasteiger partial charge on any atom is -0.398 e. The molecular weight excluding hydrogens is 348 g/mol. The van der Waals surface area contributed by atoms with Gasteiger partial charge in [-0.3, -0.25) is 9.59 Å². The van der Waals surface area contributed by atoms with Crippen molar-refractivity contribution in [2.75, 3.05) is 11.5 Å². The van der Waals surface area contributed by atoms with Crippen molar-refractivity contribution in [2.45, 2.75) is 0 Å². The molecule has 0 saturated carbocycles. The Hall–Kier alpha value is -3.92. The van der Waals surface area contributed by atoms with Gasteiger partial charge in [0.2, 0.25) is 0 Å². The van der Waals surface area contributed by atoms with Crippen LogP contribution in [0.25, 0.3) is 12.2 Å². The highest BCUT2D eigenvalue weighted by atomic mass is 16.1. The topological polar surface area (TPSA) is 86.2 Å². The van der Waals surface area contributed by atoms with E-state index in [2.05, 4.69) is 0 Å². The van der Waals surface area contributed by atoms with Crippen LogP contribution in [0.4, 0.5) is 11.4 Å². The second-order valence-corrected chi connectivity index (χ2v) is 6.20. The van der Waals surface area contributed by atoms with Crippen LogP contribution in [0.2, 0.25) is 0 Å². The van der Waals surface area contributed by atoms with Gasteiger partial charge in [-0.25, -0.2) is 0 Å². The van der Waals surface area contributed by atoms with Gasteiger partial charge >= 0.3 is 0 Å². The van der Waals surface area contributed by atoms with Gasteiger partial charge in [-0.1, -0.05) is 60.7 Å². The molecule has 0 amide bonds. The molecule has 0 aliphatic rings. The molecule has 0 unspecified atom stereocenters. The molecular formula is C24H20N2O2. The smallest absolute Gasteiger partial charge is 0.187 e. The molecule has 0 heterocycles. The molecule has 3 rings (SSSR count). The predicted molar refractivity (Wildman–Crippen MR) is 115 cm³/mol. The number of carbonyl (C=O) groups is 2. The summed E-state index contributed by atoms with van der Waals surface area (Å²) in [7, 11) is 0. The van der Waals surface area contributed by atoms with E-state index in [1.807, 2.05) is 24.3 Å². The van der Waals surface area contributed by atoms with Crippen LogP contribution in [0.5, 0.6) is 0 Å². The van der Waals surface area contributed by atoms with Crippen molar-refractivity contribution >= 4 is 35.1 Å². The number of carbonyl (C=O) groups excluding carboxylic acids is 2. The molecule has 28 heavy (non-hydrogen) atoms. The van der Waals surface area contributed by atoms with Crippen LogP contribution in [0.3, 0.4) is 0 Å². The molecule has 0 spiro atoms. The number of ketones is 2. The van der Waals surface area contributed by atoms with Crippen molar-refractivity contribution in [3.63, 3.8) is 0 Å². The summed E-state index contributed by atoms with van der Waals surface area (Å²) in [6, 6.07) is 21.4. The molecule has 0 aromatic heterocycles. The van der Waals surface area contributed by atoms with E-state index in [0.29, 0.717) is 22.5 Å². The van der Waals surface area contributed by atoms with E-state index < -0.39 is 0 Å². The van der Waals surface area contributed by atoms with Crippen LogP contribution in [0.1, 0.15) is 31.8 Å². The second kappa shape index (κ2) is 8.64. The predicted octanol–water partition coefficient (Wildman–Crippen LogP) is 4.64. The van der Waals surface area contributed by atoms with Gasteiger partial charge in [0.15, 0.2) is 11.6 Å². The van der Waals surface area contributed by atoms with Crippen LogP contribution < -0.4 is 11.5 Å². The molecule has 0 fully saturated rings. The first kappa shape index (κ1) is 18.9. The molecule has 3 aromatic carbocycles. The first-order valence-electron chi connectivity index (χ1n) is 8.79. The summed E-state index contributed by atoms with van der Waals surface area (Å²) in [5.41, 5.74) is 15.1. The molecule has 0 radical (unpaired) electrons. The van der Waals surface area contributed by atoms with Crippen LogP contribution in [-0.2, 0) is 0 Å². The fourth-order valence-electron chi connectivity index (χ4n) is 2.77. The third-order valence-corrected chi connectivity index (χ3v) is 4.28. The van der Waals surface area contributed by atoms with Gasteiger partial charge in [-0.15, -0.1) is 0 Å². The van der Waals surface area contributed by atoms with Crippen molar-refractivity contribution in [3.8, 4) is 0 Å². The largest absolute Gasteiger partial charge is 0.398 e. The lowest BCUT2D eigenvalue weighted by atomic mass is 10.0. The SMILES string of the molecule is Nc1ccccc1C(=O)C=Cc1ccccc1C=CC(=O)c1ccccc1N. The van der Waals surface area contributed by atoms with E-state index >= 15 is 0 Å². The number of allylic oxidation sites excluding steroid dienone is 2. The van der Waals surface area contributed by atoms with Gasteiger partial charge in [0.25, 0.3) is 0 Å². The van der Waals surface area contributed by atoms with Crippen LogP contribution in [-0.4, -0.2) is 11.6 Å². The summed E-state index contributed by atoms with van der Waals surface area (Å²) < 4.78 is 0. The molecule has 4 heteroatoms. The average molecular weight is 368 g/mol. The van der Waals surface area contributed by atoms with E-state index in [4.69, 9.17) is 11.5 Å². The van der Waals surface area contributed by atoms with Gasteiger partial charge in [-0.2, -0.15) is 0 Å². The summed E-state index contributed by atoms with van der Waals surface area (Å²) >= 11 is 0. The van der Waals surface area contributed by atoms with Crippen molar-refractivity contribution in [3.05, 3.63) is 107 Å². The van der Waals surface area contributed by atoms with E-state index in [1.54, 1.807) is 60.7 Å². The van der Waals surface area contributed by atoms with Crippen molar-refractivity contribution < 1.29 is 9.59 Å². The van der Waals surface area contributed by atoms with Gasteiger partial charge < -0.3 is 11.5 Å². The summed E-state index contributed by atoms with van der Waals surface area (Å²) in [5, 5.41) is 0. The molecule has 0 aliphatic carbocycles. The van der Waals surface area contributed by atoms with Gasteiger partial charge in [-0.05, 0) is 47.5 Å². The number of benzene rings is 3. The zero-order chi connectivity index (χ0) is 19.9. The Bertz CT molecular complexity index is 995. The van der Waals surface area contributed by atoms with Gasteiger partial charge in [0.1, 0.15) is 0 Å². The van der Waals surface area contributed by atoms with Crippen molar-refractivity contribution in [1.29, 1.82) is 0 Å².